The molecule has 1 amide bonds. The molecule has 2 aromatic carbocycles. The number of ether oxygens (including phenoxy) is 1. The summed E-state index contributed by atoms with van der Waals surface area (Å²) in [4.78, 5) is 21.4. The summed E-state index contributed by atoms with van der Waals surface area (Å²) in [6, 6.07) is 13.4. The molecule has 3 heterocycles. The Balaban J connectivity index is 1.22. The van der Waals surface area contributed by atoms with Gasteiger partial charge in [-0.1, -0.05) is 18.2 Å². The molecule has 1 unspecified atom stereocenters. The Kier molecular flexibility index (Phi) is 6.17. The number of anilines is 1. The van der Waals surface area contributed by atoms with Gasteiger partial charge in [0.2, 0.25) is 0 Å². The monoisotopic (exact) mass is 484 g/mol. The molecule has 0 saturated carbocycles. The van der Waals surface area contributed by atoms with Gasteiger partial charge in [0.1, 0.15) is 17.3 Å². The molecule has 0 bridgehead atoms. The highest BCUT2D eigenvalue weighted by Crippen LogP contribution is 2.32. The summed E-state index contributed by atoms with van der Waals surface area (Å²) in [7, 11) is 1.65. The molecule has 1 saturated heterocycles. The second-order valence-electron chi connectivity index (χ2n) is 9.03. The van der Waals surface area contributed by atoms with Crippen molar-refractivity contribution < 1.29 is 22.7 Å². The molecule has 184 valence electrons. The van der Waals surface area contributed by atoms with E-state index in [4.69, 9.17) is 4.74 Å². The number of imidazole rings is 1. The number of benzene rings is 2. The van der Waals surface area contributed by atoms with E-state index in [0.29, 0.717) is 43.5 Å². The number of piperazine rings is 1. The van der Waals surface area contributed by atoms with E-state index in [0.717, 1.165) is 37.0 Å². The number of methoxy groups -OCH3 is 1. The Hall–Kier alpha value is -3.49. The fourth-order valence-electron chi connectivity index (χ4n) is 4.90. The van der Waals surface area contributed by atoms with Crippen molar-refractivity contribution in [1.82, 2.24) is 14.5 Å². The Morgan fingerprint density at radius 1 is 1.06 bits per heavy atom. The molecule has 3 aromatic rings. The first-order valence-corrected chi connectivity index (χ1v) is 11.7. The van der Waals surface area contributed by atoms with Crippen LogP contribution in [0.1, 0.15) is 39.8 Å². The van der Waals surface area contributed by atoms with Crippen molar-refractivity contribution in [2.45, 2.75) is 31.5 Å². The van der Waals surface area contributed by atoms with E-state index in [9.17, 15) is 18.0 Å². The largest absolute Gasteiger partial charge is 0.497 e. The molecule has 5 rings (SSSR count). The van der Waals surface area contributed by atoms with E-state index in [2.05, 4.69) is 21.7 Å². The molecule has 1 aromatic heterocycles. The molecular formula is C26H27F3N4O2. The van der Waals surface area contributed by atoms with Crippen molar-refractivity contribution in [2.75, 3.05) is 38.2 Å². The molecule has 35 heavy (non-hydrogen) atoms. The highest BCUT2D eigenvalue weighted by molar-refractivity contribution is 5.92. The Labute approximate surface area is 201 Å². The van der Waals surface area contributed by atoms with Crippen LogP contribution in [0.5, 0.6) is 5.75 Å². The molecular weight excluding hydrogens is 457 g/mol. The third-order valence-electron chi connectivity index (χ3n) is 6.90. The lowest BCUT2D eigenvalue weighted by Crippen LogP contribution is -2.49. The summed E-state index contributed by atoms with van der Waals surface area (Å²) < 4.78 is 46.5. The van der Waals surface area contributed by atoms with E-state index in [1.165, 1.54) is 17.7 Å². The minimum absolute atomic E-state index is 0.128. The number of nitrogens with zero attached hydrogens (tertiary/aromatic N) is 4. The summed E-state index contributed by atoms with van der Waals surface area (Å²) in [5.41, 5.74) is 1.53. The number of amides is 1. The van der Waals surface area contributed by atoms with Crippen LogP contribution < -0.4 is 9.64 Å². The molecule has 0 aliphatic carbocycles. The Morgan fingerprint density at radius 2 is 1.80 bits per heavy atom. The number of fused-ring (bicyclic) bond motifs is 1. The van der Waals surface area contributed by atoms with E-state index in [1.54, 1.807) is 18.1 Å². The topological polar surface area (TPSA) is 50.6 Å². The lowest BCUT2D eigenvalue weighted by Gasteiger charge is -2.36. The van der Waals surface area contributed by atoms with E-state index in [1.807, 2.05) is 23.2 Å². The van der Waals surface area contributed by atoms with E-state index < -0.39 is 11.7 Å². The number of carbonyl (C=O) groups excluding carboxylic acids is 1. The molecule has 6 nitrogen and oxygen atoms in total. The number of halogens is 3. The van der Waals surface area contributed by atoms with Crippen molar-refractivity contribution in [1.29, 1.82) is 0 Å². The lowest BCUT2D eigenvalue weighted by molar-refractivity contribution is -0.137. The molecule has 1 fully saturated rings. The third-order valence-corrected chi connectivity index (χ3v) is 6.90. The number of aromatic nitrogens is 2. The van der Waals surface area contributed by atoms with Crippen molar-refractivity contribution in [2.24, 2.45) is 0 Å². The zero-order valence-corrected chi connectivity index (χ0v) is 19.5. The van der Waals surface area contributed by atoms with Crippen LogP contribution in [0.3, 0.4) is 0 Å². The first kappa shape index (κ1) is 23.3. The zero-order chi connectivity index (χ0) is 24.6. The van der Waals surface area contributed by atoms with Crippen LogP contribution in [-0.4, -0.2) is 53.6 Å². The molecule has 9 heteroatoms. The SMILES string of the molecule is COc1ccc(C2CCc3nc(C(=O)N4CCN(c5cccc(C(F)(F)F)c5)CC4)cn3C2)cc1. The van der Waals surface area contributed by atoms with Gasteiger partial charge in [-0.2, -0.15) is 13.2 Å². The molecule has 2 aliphatic rings. The van der Waals surface area contributed by atoms with Gasteiger partial charge in [-0.15, -0.1) is 0 Å². The van der Waals surface area contributed by atoms with Crippen LogP contribution in [0.25, 0.3) is 0 Å². The van der Waals surface area contributed by atoms with Crippen molar-refractivity contribution in [3.8, 4) is 5.75 Å². The van der Waals surface area contributed by atoms with E-state index >= 15 is 0 Å². The Bertz CT molecular complexity index is 1200. The van der Waals surface area contributed by atoms with Gasteiger partial charge in [0.25, 0.3) is 5.91 Å². The highest BCUT2D eigenvalue weighted by atomic mass is 19.4. The van der Waals surface area contributed by atoms with Crippen LogP contribution in [0, 0.1) is 0 Å². The number of carbonyl (C=O) groups is 1. The summed E-state index contributed by atoms with van der Waals surface area (Å²) >= 11 is 0. The predicted molar refractivity (Wildman–Crippen MR) is 126 cm³/mol. The Morgan fingerprint density at radius 3 is 2.49 bits per heavy atom. The van der Waals surface area contributed by atoms with Crippen LogP contribution >= 0.6 is 0 Å². The fraction of sp³-hybridized carbons (Fsp3) is 0.385. The number of rotatable bonds is 4. The second kappa shape index (κ2) is 9.28. The van der Waals surface area contributed by atoms with Gasteiger partial charge in [0.15, 0.2) is 0 Å². The summed E-state index contributed by atoms with van der Waals surface area (Å²) in [5.74, 6) is 1.97. The standard InChI is InChI=1S/C26H27F3N4O2/c1-35-22-8-5-18(6-9-22)19-7-10-24-30-23(17-33(24)16-19)25(34)32-13-11-31(12-14-32)21-4-2-3-20(15-21)26(27,28)29/h2-6,8-9,15,17,19H,7,10-14,16H2,1H3. The van der Waals surface area contributed by atoms with Crippen molar-refractivity contribution >= 4 is 11.6 Å². The van der Waals surface area contributed by atoms with Gasteiger partial charge >= 0.3 is 6.18 Å². The van der Waals surface area contributed by atoms with Crippen molar-refractivity contribution in [3.05, 3.63) is 77.4 Å². The molecule has 0 spiro atoms. The fourth-order valence-corrected chi connectivity index (χ4v) is 4.90. The highest BCUT2D eigenvalue weighted by Gasteiger charge is 2.32. The van der Waals surface area contributed by atoms with Crippen LogP contribution in [-0.2, 0) is 19.1 Å². The van der Waals surface area contributed by atoms with E-state index in [-0.39, 0.29) is 5.91 Å². The first-order valence-electron chi connectivity index (χ1n) is 11.7. The predicted octanol–water partition coefficient (Wildman–Crippen LogP) is 4.60. The molecule has 1 atom stereocenters. The normalized spacial score (nSPS) is 18.3. The number of aryl methyl sites for hydroxylation is 1. The van der Waals surface area contributed by atoms with Gasteiger partial charge in [0.05, 0.1) is 12.7 Å². The minimum atomic E-state index is -4.37. The maximum Gasteiger partial charge on any atom is 0.416 e. The molecule has 2 aliphatic heterocycles. The van der Waals surface area contributed by atoms with Gasteiger partial charge in [-0.25, -0.2) is 4.98 Å². The summed E-state index contributed by atoms with van der Waals surface area (Å²) in [5, 5.41) is 0. The first-order chi connectivity index (χ1) is 16.8. The average molecular weight is 485 g/mol. The average Bonchev–Trinajstić information content (AvgIpc) is 3.31. The molecule has 0 N–H and O–H groups in total. The quantitative estimate of drug-likeness (QED) is 0.543. The minimum Gasteiger partial charge on any atom is -0.497 e. The molecule has 0 radical (unpaired) electrons. The second-order valence-corrected chi connectivity index (χ2v) is 9.03. The number of alkyl halides is 3. The van der Waals surface area contributed by atoms with Crippen LogP contribution in [0.15, 0.2) is 54.7 Å². The maximum atomic E-state index is 13.1. The zero-order valence-electron chi connectivity index (χ0n) is 19.5. The maximum absolute atomic E-state index is 13.1. The van der Waals surface area contributed by atoms with Gasteiger partial charge in [-0.05, 0) is 42.3 Å². The summed E-state index contributed by atoms with van der Waals surface area (Å²) in [6.45, 7) is 2.59. The van der Waals surface area contributed by atoms with Gasteiger partial charge in [0, 0.05) is 56.9 Å². The van der Waals surface area contributed by atoms with Gasteiger partial charge < -0.3 is 19.1 Å². The van der Waals surface area contributed by atoms with Crippen molar-refractivity contribution in [3.63, 3.8) is 0 Å². The van der Waals surface area contributed by atoms with Crippen LogP contribution in [0.2, 0.25) is 0 Å². The smallest absolute Gasteiger partial charge is 0.416 e. The summed E-state index contributed by atoms with van der Waals surface area (Å²) in [6.07, 6.45) is -0.771. The lowest BCUT2D eigenvalue weighted by atomic mass is 9.91. The number of hydrogen-bond acceptors (Lipinski definition) is 4. The number of hydrogen-bond donors (Lipinski definition) is 0. The van der Waals surface area contributed by atoms with Gasteiger partial charge in [-0.3, -0.25) is 4.79 Å². The van der Waals surface area contributed by atoms with Crippen LogP contribution in [0.4, 0.5) is 18.9 Å². The third kappa shape index (κ3) is 4.85.